The van der Waals surface area contributed by atoms with Crippen LogP contribution in [-0.2, 0) is 19.5 Å². The summed E-state index contributed by atoms with van der Waals surface area (Å²) in [6.07, 6.45) is -0.821. The average Bonchev–Trinajstić information content (AvgIpc) is 2.94. The van der Waals surface area contributed by atoms with E-state index in [2.05, 4.69) is 28.6 Å². The summed E-state index contributed by atoms with van der Waals surface area (Å²) in [5.41, 5.74) is 3.47. The zero-order valence-electron chi connectivity index (χ0n) is 16.2. The Morgan fingerprint density at radius 2 is 1.96 bits per heavy atom. The summed E-state index contributed by atoms with van der Waals surface area (Å²) in [5, 5.41) is 4.42. The first-order valence-electron chi connectivity index (χ1n) is 9.92. The summed E-state index contributed by atoms with van der Waals surface area (Å²) in [6, 6.07) is 6.36. The number of piperidine rings is 1. The lowest BCUT2D eigenvalue weighted by molar-refractivity contribution is -0.274. The molecule has 7 heteroatoms. The number of rotatable bonds is 7. The van der Waals surface area contributed by atoms with Crippen LogP contribution in [0.4, 0.5) is 13.2 Å². The first-order chi connectivity index (χ1) is 13.3. The van der Waals surface area contributed by atoms with Crippen molar-refractivity contribution in [2.45, 2.75) is 46.1 Å². The third kappa shape index (κ3) is 4.19. The molecule has 1 aliphatic heterocycles. The monoisotopic (exact) mass is 393 g/mol. The van der Waals surface area contributed by atoms with Gasteiger partial charge < -0.3 is 4.74 Å². The van der Waals surface area contributed by atoms with Gasteiger partial charge in [-0.2, -0.15) is 5.10 Å². The molecule has 0 N–H and O–H groups in total. The molecule has 2 aromatic rings. The number of hydrogen-bond acceptors (Lipinski definition) is 3. The fraction of sp³-hybridized carbons (Fsp3) is 0.571. The predicted molar refractivity (Wildman–Crippen MR) is 99.8 cm³/mol. The van der Waals surface area contributed by atoms with Gasteiger partial charge in [0.05, 0.1) is 6.20 Å². The molecule has 4 rings (SSSR count). The molecule has 28 heavy (non-hydrogen) atoms. The number of aromatic nitrogens is 2. The lowest BCUT2D eigenvalue weighted by Gasteiger charge is -2.19. The standard InChI is InChI=1S/C21H26F3N3O/c1-3-27-14(2)16(10-25-27)11-26-12-19-18(20(19)13-26)8-7-15-5-4-6-17(9-15)28-21(22,23)24/h4-6,9-10,18-20H,3,7-8,11-13H2,1-2H3. The molecule has 0 amide bonds. The summed E-state index contributed by atoms with van der Waals surface area (Å²) in [7, 11) is 0. The van der Waals surface area contributed by atoms with Crippen molar-refractivity contribution in [2.75, 3.05) is 13.1 Å². The van der Waals surface area contributed by atoms with Gasteiger partial charge in [-0.15, -0.1) is 13.2 Å². The molecule has 2 atom stereocenters. The molecular formula is C21H26F3N3O. The number of halogens is 3. The molecule has 4 nitrogen and oxygen atoms in total. The normalized spacial score (nSPS) is 24.4. The second-order valence-corrected chi connectivity index (χ2v) is 7.99. The molecule has 2 aliphatic rings. The van der Waals surface area contributed by atoms with Gasteiger partial charge in [-0.05, 0) is 62.1 Å². The predicted octanol–water partition coefficient (Wildman–Crippen LogP) is 4.42. The van der Waals surface area contributed by atoms with Crippen molar-refractivity contribution >= 4 is 0 Å². The van der Waals surface area contributed by atoms with E-state index in [1.807, 2.05) is 16.9 Å². The second kappa shape index (κ2) is 7.43. The number of ether oxygens (including phenoxy) is 1. The number of hydrogen-bond donors (Lipinski definition) is 0. The lowest BCUT2D eigenvalue weighted by Crippen LogP contribution is -2.24. The highest BCUT2D eigenvalue weighted by atomic mass is 19.4. The zero-order valence-corrected chi connectivity index (χ0v) is 16.2. The Balaban J connectivity index is 1.24. The van der Waals surface area contributed by atoms with Gasteiger partial charge in [0, 0.05) is 37.4 Å². The van der Waals surface area contributed by atoms with E-state index in [0.717, 1.165) is 56.4 Å². The Morgan fingerprint density at radius 3 is 2.61 bits per heavy atom. The van der Waals surface area contributed by atoms with Gasteiger partial charge in [0.2, 0.25) is 0 Å². The van der Waals surface area contributed by atoms with Crippen LogP contribution in [0.15, 0.2) is 30.5 Å². The highest BCUT2D eigenvalue weighted by molar-refractivity contribution is 5.29. The minimum Gasteiger partial charge on any atom is -0.406 e. The second-order valence-electron chi connectivity index (χ2n) is 7.99. The van der Waals surface area contributed by atoms with Gasteiger partial charge in [-0.3, -0.25) is 9.58 Å². The van der Waals surface area contributed by atoms with Crippen LogP contribution in [0.3, 0.4) is 0 Å². The summed E-state index contributed by atoms with van der Waals surface area (Å²) in [4.78, 5) is 2.51. The van der Waals surface area contributed by atoms with E-state index >= 15 is 0 Å². The summed E-state index contributed by atoms with van der Waals surface area (Å²) >= 11 is 0. The third-order valence-electron chi connectivity index (χ3n) is 6.24. The van der Waals surface area contributed by atoms with Crippen LogP contribution in [0.5, 0.6) is 5.75 Å². The number of fused-ring (bicyclic) bond motifs is 1. The van der Waals surface area contributed by atoms with Crippen LogP contribution in [0.1, 0.15) is 30.2 Å². The first kappa shape index (κ1) is 19.3. The number of likely N-dealkylation sites (tertiary alicyclic amines) is 1. The third-order valence-corrected chi connectivity index (χ3v) is 6.24. The van der Waals surface area contributed by atoms with Crippen molar-refractivity contribution in [1.29, 1.82) is 0 Å². The maximum Gasteiger partial charge on any atom is 0.573 e. The van der Waals surface area contributed by atoms with Crippen molar-refractivity contribution in [2.24, 2.45) is 17.8 Å². The molecule has 1 saturated heterocycles. The van der Waals surface area contributed by atoms with Gasteiger partial charge in [-0.25, -0.2) is 0 Å². The Kier molecular flexibility index (Phi) is 5.12. The van der Waals surface area contributed by atoms with E-state index in [-0.39, 0.29) is 5.75 Å². The molecule has 1 aliphatic carbocycles. The van der Waals surface area contributed by atoms with Crippen LogP contribution in [0, 0.1) is 24.7 Å². The number of aryl methyl sites for hydroxylation is 2. The van der Waals surface area contributed by atoms with Gasteiger partial charge in [0.15, 0.2) is 0 Å². The smallest absolute Gasteiger partial charge is 0.406 e. The molecule has 1 saturated carbocycles. The molecule has 2 unspecified atom stereocenters. The molecule has 152 valence electrons. The maximum absolute atomic E-state index is 12.4. The molecule has 2 fully saturated rings. The lowest BCUT2D eigenvalue weighted by atomic mass is 10.0. The summed E-state index contributed by atoms with van der Waals surface area (Å²) in [5.74, 6) is 2.03. The highest BCUT2D eigenvalue weighted by Gasteiger charge is 2.54. The van der Waals surface area contributed by atoms with Crippen molar-refractivity contribution in [3.8, 4) is 5.75 Å². The van der Waals surface area contributed by atoms with Crippen molar-refractivity contribution in [3.05, 3.63) is 47.3 Å². The van der Waals surface area contributed by atoms with Gasteiger partial charge in [0.25, 0.3) is 0 Å². The Morgan fingerprint density at radius 1 is 1.21 bits per heavy atom. The Hall–Kier alpha value is -2.02. The number of benzene rings is 1. The van der Waals surface area contributed by atoms with Crippen molar-refractivity contribution in [1.82, 2.24) is 14.7 Å². The Bertz CT molecular complexity index is 821. The Labute approximate surface area is 163 Å². The number of alkyl halides is 3. The van der Waals surface area contributed by atoms with Crippen LogP contribution in [0.25, 0.3) is 0 Å². The van der Waals surface area contributed by atoms with Gasteiger partial charge in [0.1, 0.15) is 5.75 Å². The van der Waals surface area contributed by atoms with Gasteiger partial charge >= 0.3 is 6.36 Å². The molecule has 2 heterocycles. The molecule has 0 spiro atoms. The van der Waals surface area contributed by atoms with Crippen molar-refractivity contribution < 1.29 is 17.9 Å². The molecule has 0 radical (unpaired) electrons. The molecule has 1 aromatic carbocycles. The quantitative estimate of drug-likeness (QED) is 0.698. The highest BCUT2D eigenvalue weighted by Crippen LogP contribution is 2.54. The zero-order chi connectivity index (χ0) is 19.9. The van der Waals surface area contributed by atoms with E-state index in [4.69, 9.17) is 0 Å². The van der Waals surface area contributed by atoms with Crippen LogP contribution < -0.4 is 4.74 Å². The van der Waals surface area contributed by atoms with Crippen LogP contribution in [0.2, 0.25) is 0 Å². The summed E-state index contributed by atoms with van der Waals surface area (Å²) in [6.45, 7) is 8.32. The summed E-state index contributed by atoms with van der Waals surface area (Å²) < 4.78 is 43.1. The van der Waals surface area contributed by atoms with Crippen LogP contribution >= 0.6 is 0 Å². The topological polar surface area (TPSA) is 30.3 Å². The van der Waals surface area contributed by atoms with E-state index < -0.39 is 6.36 Å². The molecule has 0 bridgehead atoms. The van der Waals surface area contributed by atoms with E-state index in [0.29, 0.717) is 5.92 Å². The minimum atomic E-state index is -4.64. The fourth-order valence-electron chi connectivity index (χ4n) is 4.73. The van der Waals surface area contributed by atoms with Gasteiger partial charge in [-0.1, -0.05) is 12.1 Å². The first-order valence-corrected chi connectivity index (χ1v) is 9.92. The number of nitrogens with zero attached hydrogens (tertiary/aromatic N) is 3. The van der Waals surface area contributed by atoms with Crippen LogP contribution in [-0.4, -0.2) is 34.1 Å². The molecular weight excluding hydrogens is 367 g/mol. The fourth-order valence-corrected chi connectivity index (χ4v) is 4.73. The maximum atomic E-state index is 12.4. The SMILES string of the molecule is CCn1ncc(CN2CC3C(CCc4cccc(OC(F)(F)F)c4)C3C2)c1C. The van der Waals surface area contributed by atoms with Crippen molar-refractivity contribution in [3.63, 3.8) is 0 Å². The minimum absolute atomic E-state index is 0.129. The molecule has 1 aromatic heterocycles. The average molecular weight is 393 g/mol. The largest absolute Gasteiger partial charge is 0.573 e. The van der Waals surface area contributed by atoms with E-state index in [9.17, 15) is 13.2 Å². The van der Waals surface area contributed by atoms with E-state index in [1.165, 1.54) is 23.4 Å². The van der Waals surface area contributed by atoms with E-state index in [1.54, 1.807) is 6.07 Å².